The van der Waals surface area contributed by atoms with Gasteiger partial charge in [-0.15, -0.1) is 0 Å². The summed E-state index contributed by atoms with van der Waals surface area (Å²) in [5.41, 5.74) is 3.60. The minimum atomic E-state index is -3.78. The number of hydrogen-bond donors (Lipinski definition) is 1. The average molecular weight is 569 g/mol. The zero-order valence-electron chi connectivity index (χ0n) is 23.0. The van der Waals surface area contributed by atoms with Crippen LogP contribution in [0, 0.1) is 11.6 Å². The Balaban J connectivity index is 1.72. The first kappa shape index (κ1) is 28.0. The Morgan fingerprint density at radius 2 is 1.70 bits per heavy atom. The highest BCUT2D eigenvalue weighted by Crippen LogP contribution is 2.40. The molecule has 0 aliphatic carbocycles. The van der Waals surface area contributed by atoms with Gasteiger partial charge in [-0.05, 0) is 49.2 Å². The maximum absolute atomic E-state index is 15.9. The Morgan fingerprint density at radius 1 is 0.975 bits per heavy atom. The Bertz CT molecular complexity index is 1620. The molecule has 1 fully saturated rings. The molecule has 212 valence electrons. The summed E-state index contributed by atoms with van der Waals surface area (Å²) >= 11 is 0. The van der Waals surface area contributed by atoms with Gasteiger partial charge >= 0.3 is 0 Å². The Kier molecular flexibility index (Phi) is 8.04. The minimum absolute atomic E-state index is 0.168. The first-order valence-electron chi connectivity index (χ1n) is 13.7. The normalized spacial score (nSPS) is 14.7. The monoisotopic (exact) mass is 568 g/mol. The van der Waals surface area contributed by atoms with Gasteiger partial charge in [-0.2, -0.15) is 0 Å². The highest BCUT2D eigenvalue weighted by molar-refractivity contribution is 7.92. The van der Waals surface area contributed by atoms with Gasteiger partial charge in [0.05, 0.1) is 17.0 Å². The summed E-state index contributed by atoms with van der Waals surface area (Å²) in [7, 11) is -3.78. The number of nitrogens with zero attached hydrogens (tertiary/aromatic N) is 5. The second-order valence-electron chi connectivity index (χ2n) is 9.95. The summed E-state index contributed by atoms with van der Waals surface area (Å²) in [6.45, 7) is 10.7. The number of sulfonamides is 1. The SMILES string of the molecule is CCCS(=O)(=O)Nc1ccc(F)c(-n2cc(-c3cncnc3)c3c(CC)c(N4CCN(CC)CC4)ccc32)c1F. The van der Waals surface area contributed by atoms with E-state index in [9.17, 15) is 8.42 Å². The molecular formula is C29H34F2N6O2S. The van der Waals surface area contributed by atoms with Crippen LogP contribution in [-0.2, 0) is 16.4 Å². The fraction of sp³-hybridized carbons (Fsp3) is 0.379. The summed E-state index contributed by atoms with van der Waals surface area (Å²) in [5, 5.41) is 0.864. The molecule has 1 aliphatic rings. The van der Waals surface area contributed by atoms with Crippen LogP contribution in [0.1, 0.15) is 32.8 Å². The lowest BCUT2D eigenvalue weighted by atomic mass is 9.98. The van der Waals surface area contributed by atoms with Crippen molar-refractivity contribution in [3.8, 4) is 16.8 Å². The van der Waals surface area contributed by atoms with Gasteiger partial charge < -0.3 is 14.4 Å². The predicted molar refractivity (Wildman–Crippen MR) is 156 cm³/mol. The lowest BCUT2D eigenvalue weighted by Crippen LogP contribution is -2.46. The van der Waals surface area contributed by atoms with E-state index in [4.69, 9.17) is 0 Å². The Hall–Kier alpha value is -3.57. The van der Waals surface area contributed by atoms with Crippen molar-refractivity contribution in [2.75, 3.05) is 48.1 Å². The van der Waals surface area contributed by atoms with E-state index in [1.165, 1.54) is 10.9 Å². The Labute approximate surface area is 233 Å². The number of fused-ring (bicyclic) bond motifs is 1. The molecule has 4 aromatic rings. The van der Waals surface area contributed by atoms with Gasteiger partial charge in [0.25, 0.3) is 0 Å². The van der Waals surface area contributed by atoms with Crippen molar-refractivity contribution in [2.24, 2.45) is 0 Å². The highest BCUT2D eigenvalue weighted by Gasteiger charge is 2.26. The van der Waals surface area contributed by atoms with E-state index in [1.807, 2.05) is 12.1 Å². The van der Waals surface area contributed by atoms with E-state index >= 15 is 8.78 Å². The third-order valence-corrected chi connectivity index (χ3v) is 8.96. The zero-order valence-corrected chi connectivity index (χ0v) is 23.8. The van der Waals surface area contributed by atoms with Crippen LogP contribution in [0.25, 0.3) is 27.7 Å². The molecule has 5 rings (SSSR count). The van der Waals surface area contributed by atoms with Crippen molar-refractivity contribution >= 4 is 32.3 Å². The van der Waals surface area contributed by atoms with Crippen LogP contribution in [0.2, 0.25) is 0 Å². The number of anilines is 2. The van der Waals surface area contributed by atoms with Crippen LogP contribution in [0.5, 0.6) is 0 Å². The molecule has 0 radical (unpaired) electrons. The molecule has 1 aliphatic heterocycles. The number of aryl methyl sites for hydroxylation is 1. The van der Waals surface area contributed by atoms with Crippen molar-refractivity contribution < 1.29 is 17.2 Å². The number of benzene rings is 2. The van der Waals surface area contributed by atoms with Crippen LogP contribution in [0.15, 0.2) is 49.2 Å². The molecule has 1 saturated heterocycles. The van der Waals surface area contributed by atoms with Crippen molar-refractivity contribution in [2.45, 2.75) is 33.6 Å². The minimum Gasteiger partial charge on any atom is -0.369 e. The highest BCUT2D eigenvalue weighted by atomic mass is 32.2. The van der Waals surface area contributed by atoms with Gasteiger partial charge in [0.1, 0.15) is 17.8 Å². The van der Waals surface area contributed by atoms with Crippen molar-refractivity contribution in [1.29, 1.82) is 0 Å². The van der Waals surface area contributed by atoms with Gasteiger partial charge in [0, 0.05) is 67.0 Å². The molecule has 2 aromatic carbocycles. The number of aromatic nitrogens is 3. The Morgan fingerprint density at radius 3 is 2.35 bits per heavy atom. The van der Waals surface area contributed by atoms with Gasteiger partial charge in [0.15, 0.2) is 5.82 Å². The summed E-state index contributed by atoms with van der Waals surface area (Å²) in [5.74, 6) is -1.95. The fourth-order valence-electron chi connectivity index (χ4n) is 5.52. The molecule has 0 bridgehead atoms. The van der Waals surface area contributed by atoms with E-state index in [2.05, 4.69) is 38.3 Å². The van der Waals surface area contributed by atoms with Crippen LogP contribution >= 0.6 is 0 Å². The molecule has 3 heterocycles. The van der Waals surface area contributed by atoms with E-state index in [-0.39, 0.29) is 17.1 Å². The van der Waals surface area contributed by atoms with Crippen molar-refractivity contribution in [3.63, 3.8) is 0 Å². The largest absolute Gasteiger partial charge is 0.369 e. The molecule has 2 aromatic heterocycles. The molecule has 0 saturated carbocycles. The molecular weight excluding hydrogens is 534 g/mol. The average Bonchev–Trinajstić information content (AvgIpc) is 3.34. The van der Waals surface area contributed by atoms with Gasteiger partial charge in [-0.25, -0.2) is 27.2 Å². The molecule has 0 unspecified atom stereocenters. The number of nitrogens with one attached hydrogen (secondary N) is 1. The van der Waals surface area contributed by atoms with Gasteiger partial charge in [-0.1, -0.05) is 20.8 Å². The van der Waals surface area contributed by atoms with E-state index in [0.717, 1.165) is 72.6 Å². The summed E-state index contributed by atoms with van der Waals surface area (Å²) in [6.07, 6.45) is 7.56. The number of rotatable bonds is 9. The topological polar surface area (TPSA) is 83.4 Å². The molecule has 1 N–H and O–H groups in total. The second-order valence-corrected chi connectivity index (χ2v) is 11.8. The van der Waals surface area contributed by atoms with Crippen molar-refractivity contribution in [3.05, 3.63) is 66.4 Å². The molecule has 0 amide bonds. The number of hydrogen-bond acceptors (Lipinski definition) is 6. The van der Waals surface area contributed by atoms with Crippen LogP contribution in [0.3, 0.4) is 0 Å². The third-order valence-electron chi connectivity index (χ3n) is 7.48. The molecule has 11 heteroatoms. The smallest absolute Gasteiger partial charge is 0.232 e. The quantitative estimate of drug-likeness (QED) is 0.298. The van der Waals surface area contributed by atoms with Crippen LogP contribution in [0.4, 0.5) is 20.2 Å². The van der Waals surface area contributed by atoms with E-state index in [1.54, 1.807) is 25.5 Å². The maximum atomic E-state index is 15.9. The molecule has 8 nitrogen and oxygen atoms in total. The molecule has 0 spiro atoms. The van der Waals surface area contributed by atoms with Crippen LogP contribution in [-0.4, -0.2) is 66.3 Å². The fourth-order valence-corrected chi connectivity index (χ4v) is 6.65. The number of halogens is 2. The lowest BCUT2D eigenvalue weighted by Gasteiger charge is -2.36. The first-order valence-corrected chi connectivity index (χ1v) is 15.3. The predicted octanol–water partition coefficient (Wildman–Crippen LogP) is 5.22. The standard InChI is InChI=1S/C29H34F2N6O2S/c1-4-15-40(38,39)34-24-8-7-23(30)29(28(24)31)37-18-22(20-16-32-19-33-17-20)27-21(5-2)25(9-10-26(27)37)36-13-11-35(6-3)12-14-36/h7-10,16-19,34H,4-6,11-15H2,1-3H3. The van der Waals surface area contributed by atoms with Gasteiger partial charge in [0.2, 0.25) is 10.0 Å². The summed E-state index contributed by atoms with van der Waals surface area (Å²) < 4.78 is 59.9. The third kappa shape index (κ3) is 5.27. The van der Waals surface area contributed by atoms with Crippen molar-refractivity contribution in [1.82, 2.24) is 19.4 Å². The second kappa shape index (κ2) is 11.5. The molecule has 40 heavy (non-hydrogen) atoms. The maximum Gasteiger partial charge on any atom is 0.232 e. The lowest BCUT2D eigenvalue weighted by molar-refractivity contribution is 0.271. The van der Waals surface area contributed by atoms with E-state index < -0.39 is 21.7 Å². The number of piperazine rings is 1. The molecule has 0 atom stereocenters. The van der Waals surface area contributed by atoms with E-state index in [0.29, 0.717) is 18.4 Å². The first-order chi connectivity index (χ1) is 19.3. The number of likely N-dealkylation sites (N-methyl/N-ethyl adjacent to an activating group) is 1. The van der Waals surface area contributed by atoms with Crippen LogP contribution < -0.4 is 9.62 Å². The van der Waals surface area contributed by atoms with Gasteiger partial charge in [-0.3, -0.25) is 4.72 Å². The summed E-state index contributed by atoms with van der Waals surface area (Å²) in [4.78, 5) is 13.1. The summed E-state index contributed by atoms with van der Waals surface area (Å²) in [6, 6.07) is 6.11. The zero-order chi connectivity index (χ0) is 28.4.